The van der Waals surface area contributed by atoms with Gasteiger partial charge in [-0.05, 0) is 26.0 Å². The lowest BCUT2D eigenvalue weighted by atomic mass is 10.1. The number of ether oxygens (including phenoxy) is 1. The van der Waals surface area contributed by atoms with Gasteiger partial charge in [-0.25, -0.2) is 9.78 Å². The number of nitro benzene ring substituents is 1. The summed E-state index contributed by atoms with van der Waals surface area (Å²) in [6.45, 7) is 3.13. The van der Waals surface area contributed by atoms with Gasteiger partial charge in [-0.2, -0.15) is 9.61 Å². The Morgan fingerprint density at radius 3 is 2.80 bits per heavy atom. The lowest BCUT2D eigenvalue weighted by Crippen LogP contribution is -2.14. The smallest absolute Gasteiger partial charge is 0.338 e. The van der Waals surface area contributed by atoms with Gasteiger partial charge in [0.2, 0.25) is 4.96 Å². The zero-order valence-corrected chi connectivity index (χ0v) is 14.1. The quantitative estimate of drug-likeness (QED) is 0.397. The molecule has 1 aromatic carbocycles. The highest BCUT2D eigenvalue weighted by Gasteiger charge is 2.16. The monoisotopic (exact) mass is 360 g/mol. The Labute approximate surface area is 144 Å². The number of carbonyl (C=O) groups excluding carboxylic acids is 1. The Bertz CT molecular complexity index is 1060. The Hall–Kier alpha value is -3.14. The summed E-state index contributed by atoms with van der Waals surface area (Å²) in [5.41, 5.74) is 0.783. The van der Waals surface area contributed by atoms with Crippen molar-refractivity contribution < 1.29 is 14.5 Å². The van der Waals surface area contributed by atoms with Crippen LogP contribution in [0.25, 0.3) is 4.96 Å². The third kappa shape index (κ3) is 3.38. The van der Waals surface area contributed by atoms with Gasteiger partial charge >= 0.3 is 5.97 Å². The van der Waals surface area contributed by atoms with Gasteiger partial charge in [0.05, 0.1) is 10.5 Å². The average Bonchev–Trinajstić information content (AvgIpc) is 2.95. The molecule has 0 atom stereocenters. The number of esters is 1. The molecule has 0 spiro atoms. The van der Waals surface area contributed by atoms with Gasteiger partial charge in [0, 0.05) is 23.4 Å². The molecular weight excluding hydrogens is 348 g/mol. The van der Waals surface area contributed by atoms with E-state index in [2.05, 4.69) is 10.1 Å². The van der Waals surface area contributed by atoms with Crippen molar-refractivity contribution in [2.75, 3.05) is 0 Å². The third-order valence-corrected chi connectivity index (χ3v) is 4.25. The molecule has 0 aliphatic carbocycles. The minimum Gasteiger partial charge on any atom is -0.455 e. The van der Waals surface area contributed by atoms with Crippen LogP contribution in [0.2, 0.25) is 0 Å². The molecule has 10 heteroatoms. The van der Waals surface area contributed by atoms with Crippen LogP contribution in [0, 0.1) is 24.0 Å². The number of nitrogens with zero attached hydrogens (tertiary/aromatic N) is 4. The Kier molecular flexibility index (Phi) is 4.28. The van der Waals surface area contributed by atoms with Crippen LogP contribution >= 0.6 is 11.3 Å². The SMILES string of the molecule is Cc1cc(=O)n2nc(COC(=O)c3ccc([N+](=O)[O-])c(C)c3)sc2n1. The van der Waals surface area contributed by atoms with E-state index in [-0.39, 0.29) is 23.4 Å². The number of carbonyl (C=O) groups is 1. The molecule has 3 rings (SSSR count). The predicted molar refractivity (Wildman–Crippen MR) is 88.8 cm³/mol. The first-order valence-corrected chi connectivity index (χ1v) is 7.95. The fourth-order valence-electron chi connectivity index (χ4n) is 2.22. The summed E-state index contributed by atoms with van der Waals surface area (Å²) in [6.07, 6.45) is 0. The number of aromatic nitrogens is 3. The predicted octanol–water partition coefficient (Wildman–Crippen LogP) is 2.03. The van der Waals surface area contributed by atoms with Crippen molar-refractivity contribution in [1.82, 2.24) is 14.6 Å². The summed E-state index contributed by atoms with van der Waals surface area (Å²) in [5, 5.41) is 15.3. The Balaban J connectivity index is 1.76. The first-order valence-electron chi connectivity index (χ1n) is 7.14. The van der Waals surface area contributed by atoms with Gasteiger partial charge in [0.1, 0.15) is 6.61 Å². The molecule has 0 radical (unpaired) electrons. The maximum Gasteiger partial charge on any atom is 0.338 e. The zero-order valence-electron chi connectivity index (χ0n) is 13.3. The Morgan fingerprint density at radius 1 is 1.36 bits per heavy atom. The van der Waals surface area contributed by atoms with Crippen LogP contribution in [0.4, 0.5) is 5.69 Å². The van der Waals surface area contributed by atoms with Crippen LogP contribution in [0.15, 0.2) is 29.1 Å². The van der Waals surface area contributed by atoms with Crippen molar-refractivity contribution in [3.63, 3.8) is 0 Å². The summed E-state index contributed by atoms with van der Waals surface area (Å²) < 4.78 is 6.31. The molecule has 0 aliphatic rings. The molecule has 2 heterocycles. The summed E-state index contributed by atoms with van der Waals surface area (Å²) >= 11 is 1.15. The molecule has 128 valence electrons. The van der Waals surface area contributed by atoms with Crippen LogP contribution in [0.1, 0.15) is 26.6 Å². The Morgan fingerprint density at radius 2 is 2.12 bits per heavy atom. The molecule has 0 bridgehead atoms. The number of hydrogen-bond donors (Lipinski definition) is 0. The molecule has 0 saturated heterocycles. The van der Waals surface area contributed by atoms with Gasteiger partial charge in [0.15, 0.2) is 5.01 Å². The van der Waals surface area contributed by atoms with Crippen molar-refractivity contribution in [3.05, 3.63) is 66.6 Å². The highest BCUT2D eigenvalue weighted by atomic mass is 32.1. The van der Waals surface area contributed by atoms with Gasteiger partial charge < -0.3 is 4.74 Å². The molecule has 0 amide bonds. The summed E-state index contributed by atoms with van der Waals surface area (Å²) in [6, 6.07) is 5.35. The fourth-order valence-corrected chi connectivity index (χ4v) is 3.07. The van der Waals surface area contributed by atoms with Crippen molar-refractivity contribution >= 4 is 28.0 Å². The van der Waals surface area contributed by atoms with E-state index >= 15 is 0 Å². The standard InChI is InChI=1S/C15H12N4O5S/c1-8-5-10(3-4-11(8)19(22)23)14(21)24-7-12-17-18-13(20)6-9(2)16-15(18)25-12/h3-6H,7H2,1-2H3. The molecule has 3 aromatic rings. The van der Waals surface area contributed by atoms with Crippen LogP contribution in [-0.4, -0.2) is 25.5 Å². The lowest BCUT2D eigenvalue weighted by Gasteiger charge is -2.03. The molecule has 25 heavy (non-hydrogen) atoms. The van der Waals surface area contributed by atoms with Crippen LogP contribution in [0.3, 0.4) is 0 Å². The first kappa shape index (κ1) is 16.7. The molecule has 0 N–H and O–H groups in total. The van der Waals surface area contributed by atoms with Gasteiger partial charge in [-0.3, -0.25) is 14.9 Å². The molecular formula is C15H12N4O5S. The van der Waals surface area contributed by atoms with Crippen LogP contribution in [-0.2, 0) is 11.3 Å². The summed E-state index contributed by atoms with van der Waals surface area (Å²) in [5.74, 6) is -0.631. The van der Waals surface area contributed by atoms with Crippen LogP contribution in [0.5, 0.6) is 0 Å². The number of nitro groups is 1. The average molecular weight is 360 g/mol. The second-order valence-electron chi connectivity index (χ2n) is 5.26. The number of benzene rings is 1. The lowest BCUT2D eigenvalue weighted by molar-refractivity contribution is -0.385. The largest absolute Gasteiger partial charge is 0.455 e. The number of rotatable bonds is 4. The van der Waals surface area contributed by atoms with Gasteiger partial charge in [-0.15, -0.1) is 0 Å². The molecule has 2 aromatic heterocycles. The van der Waals surface area contributed by atoms with Gasteiger partial charge in [0.25, 0.3) is 11.2 Å². The second kappa shape index (κ2) is 6.40. The topological polar surface area (TPSA) is 117 Å². The minimum atomic E-state index is -0.631. The molecule has 9 nitrogen and oxygen atoms in total. The molecule has 0 unspecified atom stereocenters. The van der Waals surface area contributed by atoms with E-state index in [9.17, 15) is 19.7 Å². The second-order valence-corrected chi connectivity index (χ2v) is 6.30. The minimum absolute atomic E-state index is 0.0662. The maximum atomic E-state index is 12.1. The normalized spacial score (nSPS) is 10.8. The van der Waals surface area contributed by atoms with E-state index < -0.39 is 10.9 Å². The van der Waals surface area contributed by atoms with Crippen molar-refractivity contribution in [2.45, 2.75) is 20.5 Å². The van der Waals surface area contributed by atoms with E-state index in [0.29, 0.717) is 21.2 Å². The number of fused-ring (bicyclic) bond motifs is 1. The first-order chi connectivity index (χ1) is 11.8. The summed E-state index contributed by atoms with van der Waals surface area (Å²) in [4.78, 5) is 38.8. The van der Waals surface area contributed by atoms with E-state index in [1.54, 1.807) is 13.8 Å². The van der Waals surface area contributed by atoms with E-state index in [4.69, 9.17) is 4.74 Å². The fraction of sp³-hybridized carbons (Fsp3) is 0.200. The van der Waals surface area contributed by atoms with E-state index in [1.165, 1.54) is 24.3 Å². The number of hydrogen-bond acceptors (Lipinski definition) is 8. The maximum absolute atomic E-state index is 12.1. The highest BCUT2D eigenvalue weighted by Crippen LogP contribution is 2.20. The van der Waals surface area contributed by atoms with Gasteiger partial charge in [-0.1, -0.05) is 11.3 Å². The van der Waals surface area contributed by atoms with E-state index in [1.807, 2.05) is 0 Å². The highest BCUT2D eigenvalue weighted by molar-refractivity contribution is 7.16. The zero-order chi connectivity index (χ0) is 18.1. The molecule has 0 saturated carbocycles. The molecule has 0 fully saturated rings. The van der Waals surface area contributed by atoms with Crippen LogP contribution < -0.4 is 5.56 Å². The van der Waals surface area contributed by atoms with E-state index in [0.717, 1.165) is 15.9 Å². The van der Waals surface area contributed by atoms with Crippen molar-refractivity contribution in [2.24, 2.45) is 0 Å². The van der Waals surface area contributed by atoms with Crippen molar-refractivity contribution in [3.8, 4) is 0 Å². The number of aryl methyl sites for hydroxylation is 2. The molecule has 0 aliphatic heterocycles. The summed E-state index contributed by atoms with van der Waals surface area (Å²) in [7, 11) is 0. The third-order valence-electron chi connectivity index (χ3n) is 3.37. The van der Waals surface area contributed by atoms with Crippen molar-refractivity contribution in [1.29, 1.82) is 0 Å².